The largest absolute Gasteiger partial charge is 0.508 e. The van der Waals surface area contributed by atoms with Crippen LogP contribution in [0.1, 0.15) is 58.8 Å². The van der Waals surface area contributed by atoms with Gasteiger partial charge in [-0.15, -0.1) is 11.8 Å². The molecule has 0 saturated heterocycles. The van der Waals surface area contributed by atoms with Crippen LogP contribution < -0.4 is 5.73 Å². The van der Waals surface area contributed by atoms with E-state index in [1.807, 2.05) is 13.0 Å². The van der Waals surface area contributed by atoms with Crippen molar-refractivity contribution in [1.82, 2.24) is 0 Å². The van der Waals surface area contributed by atoms with Gasteiger partial charge in [-0.2, -0.15) is 0 Å². The number of carbonyl (C=O) groups excluding carboxylic acids is 1. The van der Waals surface area contributed by atoms with Crippen molar-refractivity contribution in [2.45, 2.75) is 76.5 Å². The van der Waals surface area contributed by atoms with E-state index < -0.39 is 29.9 Å². The van der Waals surface area contributed by atoms with E-state index in [4.69, 9.17) is 15.6 Å². The number of carbonyl (C=O) groups is 2. The topological polar surface area (TPSA) is 119 Å². The number of aliphatic carboxylic acids is 1. The predicted molar refractivity (Wildman–Crippen MR) is 117 cm³/mol. The number of rotatable bonds is 9. The fraction of sp³-hybridized carbons (Fsp3) is 0.667. The number of unbranched alkanes of at least 4 members (excludes halogenated alkanes) is 1. The SMILES string of the molecule is CC#CCC(C)C(O)C=CC1C(OC(=O)OC)CC2CC(=CCCCC(=O)O)CC21N. The monoisotopic (exact) mass is 433 g/mol. The first kappa shape index (κ1) is 25.0. The third-order valence-electron chi connectivity index (χ3n) is 6.48. The number of fused-ring (bicyclic) bond motifs is 1. The fourth-order valence-corrected chi connectivity index (χ4v) is 4.70. The van der Waals surface area contributed by atoms with Crippen molar-refractivity contribution < 1.29 is 29.3 Å². The fourth-order valence-electron chi connectivity index (χ4n) is 4.70. The minimum Gasteiger partial charge on any atom is -0.481 e. The van der Waals surface area contributed by atoms with Crippen LogP contribution >= 0.6 is 0 Å². The van der Waals surface area contributed by atoms with Crippen molar-refractivity contribution in [3.05, 3.63) is 23.8 Å². The Morgan fingerprint density at radius 3 is 2.81 bits per heavy atom. The molecule has 2 rings (SSSR count). The summed E-state index contributed by atoms with van der Waals surface area (Å²) in [5, 5.41) is 19.3. The van der Waals surface area contributed by atoms with Gasteiger partial charge in [0.25, 0.3) is 0 Å². The van der Waals surface area contributed by atoms with E-state index in [-0.39, 0.29) is 24.2 Å². The molecule has 0 radical (unpaired) electrons. The Labute approximate surface area is 184 Å². The normalized spacial score (nSPS) is 30.5. The summed E-state index contributed by atoms with van der Waals surface area (Å²) in [4.78, 5) is 22.5. The molecule has 0 aromatic carbocycles. The first-order valence-corrected chi connectivity index (χ1v) is 10.9. The van der Waals surface area contributed by atoms with Crippen molar-refractivity contribution >= 4 is 12.1 Å². The lowest BCUT2D eigenvalue weighted by Crippen LogP contribution is -2.47. The molecular weight excluding hydrogens is 398 g/mol. The maximum absolute atomic E-state index is 11.8. The standard InChI is InChI=1S/C24H35NO6/c1-4-5-8-16(2)20(26)12-11-19-21(31-23(29)30-3)14-18-13-17(15-24(18,19)25)9-6-7-10-22(27)28/h9,11-12,16,18-21,26H,6-8,10,13-15,25H2,1-3H3,(H,27,28). The number of aliphatic hydroxyl groups excluding tert-OH is 1. The lowest BCUT2D eigenvalue weighted by atomic mass is 9.82. The Bertz CT molecular complexity index is 764. The number of nitrogens with two attached hydrogens (primary N) is 1. The van der Waals surface area contributed by atoms with E-state index in [1.165, 1.54) is 12.7 Å². The first-order valence-electron chi connectivity index (χ1n) is 10.9. The number of hydrogen-bond acceptors (Lipinski definition) is 6. The van der Waals surface area contributed by atoms with Gasteiger partial charge in [-0.05, 0) is 50.9 Å². The van der Waals surface area contributed by atoms with Gasteiger partial charge in [-0.1, -0.05) is 30.7 Å². The zero-order valence-electron chi connectivity index (χ0n) is 18.7. The van der Waals surface area contributed by atoms with Gasteiger partial charge in [-0.3, -0.25) is 4.79 Å². The minimum atomic E-state index is -0.789. The smallest absolute Gasteiger partial charge is 0.481 e. The van der Waals surface area contributed by atoms with Crippen molar-refractivity contribution in [3.8, 4) is 11.8 Å². The predicted octanol–water partition coefficient (Wildman–Crippen LogP) is 3.41. The van der Waals surface area contributed by atoms with Crippen molar-refractivity contribution in [2.24, 2.45) is 23.5 Å². The summed E-state index contributed by atoms with van der Waals surface area (Å²) in [6.45, 7) is 3.71. The summed E-state index contributed by atoms with van der Waals surface area (Å²) >= 11 is 0. The van der Waals surface area contributed by atoms with Gasteiger partial charge in [0.05, 0.1) is 13.2 Å². The third-order valence-corrected chi connectivity index (χ3v) is 6.48. The molecule has 2 aliphatic rings. The highest BCUT2D eigenvalue weighted by atomic mass is 16.7. The Hall–Kier alpha value is -2.30. The summed E-state index contributed by atoms with van der Waals surface area (Å²) in [5.41, 5.74) is 7.52. The summed E-state index contributed by atoms with van der Waals surface area (Å²) in [5.74, 6) is 4.90. The van der Waals surface area contributed by atoms with E-state index in [0.29, 0.717) is 32.1 Å². The summed E-state index contributed by atoms with van der Waals surface area (Å²) < 4.78 is 10.2. The first-order chi connectivity index (χ1) is 14.7. The number of carboxylic acid groups (broad SMARTS) is 1. The van der Waals surface area contributed by atoms with Crippen molar-refractivity contribution in [3.63, 3.8) is 0 Å². The van der Waals surface area contributed by atoms with Gasteiger partial charge in [0.15, 0.2) is 0 Å². The summed E-state index contributed by atoms with van der Waals surface area (Å²) in [6, 6.07) is 0. The van der Waals surface area contributed by atoms with E-state index in [9.17, 15) is 14.7 Å². The number of carboxylic acids is 1. The van der Waals surface area contributed by atoms with E-state index >= 15 is 0 Å². The lowest BCUT2D eigenvalue weighted by molar-refractivity contribution is -0.137. The van der Waals surface area contributed by atoms with Gasteiger partial charge in [-0.25, -0.2) is 4.79 Å². The molecule has 6 unspecified atom stereocenters. The van der Waals surface area contributed by atoms with Crippen molar-refractivity contribution in [1.29, 1.82) is 0 Å². The zero-order chi connectivity index (χ0) is 23.0. The zero-order valence-corrected chi connectivity index (χ0v) is 18.7. The van der Waals surface area contributed by atoms with Crippen LogP contribution in [0.25, 0.3) is 0 Å². The molecule has 2 fully saturated rings. The number of methoxy groups -OCH3 is 1. The Morgan fingerprint density at radius 1 is 1.42 bits per heavy atom. The third kappa shape index (κ3) is 6.59. The molecule has 7 heteroatoms. The highest BCUT2D eigenvalue weighted by Crippen LogP contribution is 2.53. The second kappa shape index (κ2) is 11.4. The lowest BCUT2D eigenvalue weighted by Gasteiger charge is -2.31. The summed E-state index contributed by atoms with van der Waals surface area (Å²) in [7, 11) is 1.28. The minimum absolute atomic E-state index is 0.0251. The highest BCUT2D eigenvalue weighted by Gasteiger charge is 2.56. The highest BCUT2D eigenvalue weighted by molar-refractivity contribution is 5.66. The van der Waals surface area contributed by atoms with Gasteiger partial charge in [0.1, 0.15) is 6.10 Å². The quantitative estimate of drug-likeness (QED) is 0.221. The molecule has 172 valence electrons. The van der Waals surface area contributed by atoms with Gasteiger partial charge in [0.2, 0.25) is 0 Å². The number of hydrogen-bond donors (Lipinski definition) is 3. The molecule has 6 atom stereocenters. The van der Waals surface area contributed by atoms with Gasteiger partial charge < -0.3 is 25.4 Å². The van der Waals surface area contributed by atoms with Crippen LogP contribution in [0.15, 0.2) is 23.8 Å². The maximum atomic E-state index is 11.8. The van der Waals surface area contributed by atoms with Crippen LogP contribution in [0.2, 0.25) is 0 Å². The van der Waals surface area contributed by atoms with E-state index in [0.717, 1.165) is 6.42 Å². The Balaban J connectivity index is 2.14. The number of allylic oxidation sites excluding steroid dienone is 1. The Kier molecular flexibility index (Phi) is 9.15. The molecule has 0 heterocycles. The second-order valence-corrected chi connectivity index (χ2v) is 8.69. The van der Waals surface area contributed by atoms with E-state index in [2.05, 4.69) is 22.7 Å². The Morgan fingerprint density at radius 2 is 2.16 bits per heavy atom. The van der Waals surface area contributed by atoms with Crippen molar-refractivity contribution in [2.75, 3.05) is 7.11 Å². The maximum Gasteiger partial charge on any atom is 0.508 e. The van der Waals surface area contributed by atoms with Crippen LogP contribution in [0.3, 0.4) is 0 Å². The van der Waals surface area contributed by atoms with Crippen LogP contribution in [0.5, 0.6) is 0 Å². The van der Waals surface area contributed by atoms with Crippen LogP contribution in [-0.4, -0.2) is 47.2 Å². The average molecular weight is 434 g/mol. The number of aliphatic hydroxyl groups is 1. The molecule has 31 heavy (non-hydrogen) atoms. The molecule has 0 aromatic rings. The van der Waals surface area contributed by atoms with E-state index in [1.54, 1.807) is 13.0 Å². The van der Waals surface area contributed by atoms with Crippen LogP contribution in [0.4, 0.5) is 4.79 Å². The molecule has 4 N–H and O–H groups in total. The molecular formula is C24H35NO6. The molecule has 0 aromatic heterocycles. The van der Waals surface area contributed by atoms with Crippen LogP contribution in [0, 0.1) is 29.6 Å². The summed E-state index contributed by atoms with van der Waals surface area (Å²) in [6.07, 6.45) is 8.07. The molecule has 2 aliphatic carbocycles. The second-order valence-electron chi connectivity index (χ2n) is 8.69. The molecule has 0 bridgehead atoms. The van der Waals surface area contributed by atoms with Crippen LogP contribution in [-0.2, 0) is 14.3 Å². The molecule has 7 nitrogen and oxygen atoms in total. The average Bonchev–Trinajstić information content (AvgIpc) is 3.16. The molecule has 2 saturated carbocycles. The molecule has 0 aliphatic heterocycles. The van der Waals surface area contributed by atoms with Gasteiger partial charge >= 0.3 is 12.1 Å². The number of ether oxygens (including phenoxy) is 2. The molecule has 0 amide bonds. The molecule has 0 spiro atoms. The van der Waals surface area contributed by atoms with Gasteiger partial charge in [0, 0.05) is 24.3 Å².